The van der Waals surface area contributed by atoms with Crippen molar-refractivity contribution in [2.24, 2.45) is 5.73 Å². The molecule has 5 heteroatoms. The van der Waals surface area contributed by atoms with Crippen LogP contribution in [0.4, 0.5) is 8.78 Å². The van der Waals surface area contributed by atoms with Crippen LogP contribution in [0.1, 0.15) is 17.2 Å². The van der Waals surface area contributed by atoms with Gasteiger partial charge in [-0.1, -0.05) is 39.7 Å². The Morgan fingerprint density at radius 3 is 2.47 bits per heavy atom. The molecule has 0 saturated heterocycles. The average molecular weight is 347 g/mol. The summed E-state index contributed by atoms with van der Waals surface area (Å²) in [5, 5.41) is 0.0470. The van der Waals surface area contributed by atoms with Crippen LogP contribution in [0.5, 0.6) is 0 Å². The highest BCUT2D eigenvalue weighted by atomic mass is 79.9. The zero-order chi connectivity index (χ0) is 14.0. The summed E-state index contributed by atoms with van der Waals surface area (Å²) in [6.07, 6.45) is 0.292. The first kappa shape index (κ1) is 14.4. The quantitative estimate of drug-likeness (QED) is 0.862. The Hall–Kier alpha value is -0.970. The van der Waals surface area contributed by atoms with Gasteiger partial charge in [0.2, 0.25) is 0 Å². The molecule has 0 saturated carbocycles. The monoisotopic (exact) mass is 345 g/mol. The van der Waals surface area contributed by atoms with Gasteiger partial charge in [0.15, 0.2) is 0 Å². The summed E-state index contributed by atoms with van der Waals surface area (Å²) in [5.41, 5.74) is 7.04. The van der Waals surface area contributed by atoms with Crippen molar-refractivity contribution in [3.8, 4) is 0 Å². The number of nitrogens with two attached hydrogens (primary N) is 1. The fourth-order valence-corrected chi connectivity index (χ4v) is 2.24. The van der Waals surface area contributed by atoms with Crippen LogP contribution in [0.15, 0.2) is 40.9 Å². The summed E-state index contributed by atoms with van der Waals surface area (Å²) < 4.78 is 27.7. The minimum absolute atomic E-state index is 0.0470. The van der Waals surface area contributed by atoms with Crippen LogP contribution in [0.3, 0.4) is 0 Å². The molecule has 2 aromatic carbocycles. The lowest BCUT2D eigenvalue weighted by molar-refractivity contribution is 0.588. The summed E-state index contributed by atoms with van der Waals surface area (Å²) in [6.45, 7) is 0. The van der Waals surface area contributed by atoms with E-state index < -0.39 is 11.9 Å². The van der Waals surface area contributed by atoms with Gasteiger partial charge in [0.25, 0.3) is 0 Å². The molecule has 100 valence electrons. The first-order valence-corrected chi connectivity index (χ1v) is 6.79. The predicted octanol–water partition coefficient (Wildman–Crippen LogP) is 4.62. The molecule has 1 nitrogen and oxygen atoms in total. The Kier molecular flexibility index (Phi) is 4.55. The van der Waals surface area contributed by atoms with Gasteiger partial charge in [0.05, 0.1) is 5.02 Å². The third-order valence-electron chi connectivity index (χ3n) is 2.83. The fraction of sp³-hybridized carbons (Fsp3) is 0.143. The van der Waals surface area contributed by atoms with Crippen molar-refractivity contribution in [3.63, 3.8) is 0 Å². The zero-order valence-electron chi connectivity index (χ0n) is 9.84. The topological polar surface area (TPSA) is 26.0 Å². The molecule has 2 rings (SSSR count). The van der Waals surface area contributed by atoms with Crippen molar-refractivity contribution in [1.29, 1.82) is 0 Å². The van der Waals surface area contributed by atoms with E-state index >= 15 is 0 Å². The highest BCUT2D eigenvalue weighted by Gasteiger charge is 2.12. The molecular weight excluding hydrogens is 336 g/mol. The van der Waals surface area contributed by atoms with Crippen molar-refractivity contribution >= 4 is 27.5 Å². The van der Waals surface area contributed by atoms with Crippen molar-refractivity contribution in [2.45, 2.75) is 12.5 Å². The highest BCUT2D eigenvalue weighted by Crippen LogP contribution is 2.23. The summed E-state index contributed by atoms with van der Waals surface area (Å²) in [4.78, 5) is 0. The van der Waals surface area contributed by atoms with E-state index in [0.717, 1.165) is 0 Å². The smallest absolute Gasteiger partial charge is 0.142 e. The van der Waals surface area contributed by atoms with Crippen LogP contribution >= 0.6 is 27.5 Å². The van der Waals surface area contributed by atoms with Gasteiger partial charge in [-0.15, -0.1) is 0 Å². The van der Waals surface area contributed by atoms with Crippen LogP contribution in [0.25, 0.3) is 0 Å². The average Bonchev–Trinajstić information content (AvgIpc) is 2.36. The molecule has 0 aliphatic rings. The fourth-order valence-electron chi connectivity index (χ4n) is 1.79. The first-order valence-electron chi connectivity index (χ1n) is 5.62. The molecule has 0 amide bonds. The van der Waals surface area contributed by atoms with Gasteiger partial charge in [0.1, 0.15) is 11.6 Å². The van der Waals surface area contributed by atoms with E-state index in [1.807, 2.05) is 0 Å². The number of benzene rings is 2. The molecule has 2 N–H and O–H groups in total. The standard InChI is InChI=1S/C14H11BrClF2N/c15-10-3-1-8(12(17)7-10)6-14(19)9-2-4-11(16)13(18)5-9/h1-5,7,14H,6,19H2. The molecule has 0 radical (unpaired) electrons. The van der Waals surface area contributed by atoms with Gasteiger partial charge in [-0.2, -0.15) is 0 Å². The van der Waals surface area contributed by atoms with E-state index in [1.165, 1.54) is 18.2 Å². The van der Waals surface area contributed by atoms with E-state index in [1.54, 1.807) is 18.2 Å². The van der Waals surface area contributed by atoms with E-state index in [9.17, 15) is 8.78 Å². The number of rotatable bonds is 3. The molecule has 1 unspecified atom stereocenters. The molecule has 0 aliphatic heterocycles. The van der Waals surface area contributed by atoms with E-state index in [0.29, 0.717) is 22.0 Å². The zero-order valence-corrected chi connectivity index (χ0v) is 12.2. The van der Waals surface area contributed by atoms with Crippen LogP contribution in [-0.4, -0.2) is 0 Å². The molecule has 2 aromatic rings. The number of hydrogen-bond acceptors (Lipinski definition) is 1. The molecule has 1 atom stereocenters. The number of halogens is 4. The van der Waals surface area contributed by atoms with Gasteiger partial charge >= 0.3 is 0 Å². The van der Waals surface area contributed by atoms with E-state index in [2.05, 4.69) is 15.9 Å². The maximum Gasteiger partial charge on any atom is 0.142 e. The third kappa shape index (κ3) is 3.53. The molecule has 0 heterocycles. The maximum absolute atomic E-state index is 13.7. The summed E-state index contributed by atoms with van der Waals surface area (Å²) >= 11 is 8.80. The van der Waals surface area contributed by atoms with Gasteiger partial charge < -0.3 is 5.73 Å². The Balaban J connectivity index is 2.20. The van der Waals surface area contributed by atoms with Gasteiger partial charge in [0, 0.05) is 10.5 Å². The second kappa shape index (κ2) is 5.99. The molecule has 0 aromatic heterocycles. The Morgan fingerprint density at radius 2 is 1.84 bits per heavy atom. The highest BCUT2D eigenvalue weighted by molar-refractivity contribution is 9.10. The van der Waals surface area contributed by atoms with Crippen LogP contribution in [-0.2, 0) is 6.42 Å². The normalized spacial score (nSPS) is 12.5. The summed E-state index contributed by atoms with van der Waals surface area (Å²) in [7, 11) is 0. The van der Waals surface area contributed by atoms with Crippen LogP contribution in [0.2, 0.25) is 5.02 Å². The molecular formula is C14H11BrClF2N. The molecule has 0 spiro atoms. The van der Waals surface area contributed by atoms with Crippen molar-refractivity contribution in [2.75, 3.05) is 0 Å². The maximum atomic E-state index is 13.7. The second-order valence-electron chi connectivity index (χ2n) is 4.22. The lowest BCUT2D eigenvalue weighted by atomic mass is 9.99. The SMILES string of the molecule is NC(Cc1ccc(Br)cc1F)c1ccc(Cl)c(F)c1. The second-order valence-corrected chi connectivity index (χ2v) is 5.54. The van der Waals surface area contributed by atoms with Crippen molar-refractivity contribution < 1.29 is 8.78 Å². The van der Waals surface area contributed by atoms with E-state index in [4.69, 9.17) is 17.3 Å². The Bertz CT molecular complexity index is 604. The van der Waals surface area contributed by atoms with Gasteiger partial charge in [-0.3, -0.25) is 0 Å². The van der Waals surface area contributed by atoms with Gasteiger partial charge in [-0.25, -0.2) is 8.78 Å². The third-order valence-corrected chi connectivity index (χ3v) is 3.63. The Morgan fingerprint density at radius 1 is 1.11 bits per heavy atom. The lowest BCUT2D eigenvalue weighted by Crippen LogP contribution is -2.14. The minimum Gasteiger partial charge on any atom is -0.324 e. The predicted molar refractivity (Wildman–Crippen MR) is 76.1 cm³/mol. The van der Waals surface area contributed by atoms with Crippen LogP contribution in [0, 0.1) is 11.6 Å². The minimum atomic E-state index is -0.522. The Labute approximate surface area is 123 Å². The van der Waals surface area contributed by atoms with Crippen LogP contribution < -0.4 is 5.73 Å². The summed E-state index contributed by atoms with van der Waals surface area (Å²) in [5.74, 6) is -0.856. The lowest BCUT2D eigenvalue weighted by Gasteiger charge is -2.13. The van der Waals surface area contributed by atoms with Crippen molar-refractivity contribution in [1.82, 2.24) is 0 Å². The largest absolute Gasteiger partial charge is 0.324 e. The molecule has 19 heavy (non-hydrogen) atoms. The van der Waals surface area contributed by atoms with Gasteiger partial charge in [-0.05, 0) is 41.8 Å². The van der Waals surface area contributed by atoms with Crippen molar-refractivity contribution in [3.05, 3.63) is 68.7 Å². The molecule has 0 aliphatic carbocycles. The molecule has 0 fully saturated rings. The molecule has 0 bridgehead atoms. The van der Waals surface area contributed by atoms with E-state index in [-0.39, 0.29) is 10.8 Å². The summed E-state index contributed by atoms with van der Waals surface area (Å²) in [6, 6.07) is 8.67. The first-order chi connectivity index (χ1) is 8.97. The number of hydrogen-bond donors (Lipinski definition) is 1.